The molecule has 22 heavy (non-hydrogen) atoms. The number of carbonyl (C=O) groups excluding carboxylic acids is 2. The van der Waals surface area contributed by atoms with E-state index in [1.54, 1.807) is 0 Å². The normalized spacial score (nSPS) is 26.0. The quantitative estimate of drug-likeness (QED) is 0.796. The van der Waals surface area contributed by atoms with Crippen molar-refractivity contribution in [3.05, 3.63) is 35.1 Å². The summed E-state index contributed by atoms with van der Waals surface area (Å²) in [7, 11) is 0. The molecule has 0 amide bonds. The first-order valence-electron chi connectivity index (χ1n) is 8.06. The molecule has 1 saturated carbocycles. The van der Waals surface area contributed by atoms with E-state index >= 15 is 0 Å². The molecular weight excluding hydrogens is 283 g/mol. The summed E-state index contributed by atoms with van der Waals surface area (Å²) in [5, 5.41) is 0. The number of Topliss-reactive ketones (excluding diaryl/α,β-unsaturated/α-hetero) is 1. The molecule has 1 aromatic carbocycles. The van der Waals surface area contributed by atoms with Crippen LogP contribution in [-0.4, -0.2) is 17.9 Å². The Morgan fingerprint density at radius 1 is 1.23 bits per heavy atom. The van der Waals surface area contributed by atoms with Crippen molar-refractivity contribution in [3.8, 4) is 0 Å². The Morgan fingerprint density at radius 3 is 2.55 bits per heavy atom. The van der Waals surface area contributed by atoms with Crippen LogP contribution in [0.25, 0.3) is 0 Å². The van der Waals surface area contributed by atoms with Gasteiger partial charge in [-0.05, 0) is 42.9 Å². The van der Waals surface area contributed by atoms with Gasteiger partial charge in [0.2, 0.25) is 0 Å². The van der Waals surface area contributed by atoms with Gasteiger partial charge in [-0.15, -0.1) is 0 Å². The van der Waals surface area contributed by atoms with Crippen LogP contribution in [0, 0.1) is 5.82 Å². The molecule has 118 valence electrons. The van der Waals surface area contributed by atoms with Gasteiger partial charge in [-0.3, -0.25) is 9.59 Å². The number of rotatable bonds is 3. The average Bonchev–Trinajstić information content (AvgIpc) is 2.90. The number of ketones is 1. The van der Waals surface area contributed by atoms with E-state index in [2.05, 4.69) is 0 Å². The van der Waals surface area contributed by atoms with Crippen LogP contribution in [0.1, 0.15) is 68.4 Å². The molecule has 1 aliphatic carbocycles. The minimum atomic E-state index is -0.682. The van der Waals surface area contributed by atoms with Gasteiger partial charge in [0, 0.05) is 6.42 Å². The molecule has 2 atom stereocenters. The largest absolute Gasteiger partial charge is 0.454 e. The van der Waals surface area contributed by atoms with Crippen LogP contribution in [0.15, 0.2) is 18.2 Å². The van der Waals surface area contributed by atoms with Crippen LogP contribution in [0.3, 0.4) is 0 Å². The number of ether oxygens (including phenoxy) is 1. The summed E-state index contributed by atoms with van der Waals surface area (Å²) in [5.74, 6) is -1.05. The van der Waals surface area contributed by atoms with Gasteiger partial charge in [0.25, 0.3) is 0 Å². The van der Waals surface area contributed by atoms with E-state index in [-0.39, 0.29) is 11.6 Å². The van der Waals surface area contributed by atoms with Gasteiger partial charge < -0.3 is 4.74 Å². The monoisotopic (exact) mass is 304 g/mol. The van der Waals surface area contributed by atoms with Crippen LogP contribution >= 0.6 is 0 Å². The fourth-order valence-electron chi connectivity index (χ4n) is 3.61. The van der Waals surface area contributed by atoms with Crippen LogP contribution in [0.2, 0.25) is 0 Å². The predicted octanol–water partition coefficient (Wildman–Crippen LogP) is 3.86. The SMILES string of the molecule is CC(=O)[C@H]1CC(c2ccc(C3CCCCC3)c(F)c2)C(=O)O1. The molecule has 3 rings (SSSR count). The summed E-state index contributed by atoms with van der Waals surface area (Å²) in [6, 6.07) is 5.09. The van der Waals surface area contributed by atoms with Crippen LogP contribution in [-0.2, 0) is 14.3 Å². The highest BCUT2D eigenvalue weighted by atomic mass is 19.1. The fraction of sp³-hybridized carbons (Fsp3) is 0.556. The maximum Gasteiger partial charge on any atom is 0.314 e. The van der Waals surface area contributed by atoms with Crippen molar-refractivity contribution >= 4 is 11.8 Å². The molecular formula is C18H21FO3. The molecule has 0 bridgehead atoms. The molecule has 1 heterocycles. The number of esters is 1. The third-order valence-corrected chi connectivity index (χ3v) is 4.92. The highest BCUT2D eigenvalue weighted by Gasteiger charge is 2.38. The lowest BCUT2D eigenvalue weighted by Gasteiger charge is -2.23. The van der Waals surface area contributed by atoms with Crippen molar-refractivity contribution in [2.75, 3.05) is 0 Å². The van der Waals surface area contributed by atoms with Crippen LogP contribution in [0.5, 0.6) is 0 Å². The molecule has 1 unspecified atom stereocenters. The lowest BCUT2D eigenvalue weighted by molar-refractivity contribution is -0.147. The number of hydrogen-bond acceptors (Lipinski definition) is 3. The Balaban J connectivity index is 1.80. The molecule has 0 aromatic heterocycles. The lowest BCUT2D eigenvalue weighted by atomic mass is 9.83. The zero-order valence-corrected chi connectivity index (χ0v) is 12.8. The Hall–Kier alpha value is -1.71. The summed E-state index contributed by atoms with van der Waals surface area (Å²) >= 11 is 0. The highest BCUT2D eigenvalue weighted by molar-refractivity contribution is 5.89. The molecule has 3 nitrogen and oxygen atoms in total. The predicted molar refractivity (Wildman–Crippen MR) is 80.1 cm³/mol. The number of benzene rings is 1. The first-order valence-corrected chi connectivity index (χ1v) is 8.06. The van der Waals surface area contributed by atoms with Crippen molar-refractivity contribution in [1.82, 2.24) is 0 Å². The maximum absolute atomic E-state index is 14.5. The standard InChI is InChI=1S/C18H21FO3/c1-11(20)17-10-15(18(21)22-17)13-7-8-14(16(19)9-13)12-5-3-2-4-6-12/h7-9,12,15,17H,2-6,10H2,1H3/t15?,17-/m1/s1. The number of cyclic esters (lactones) is 1. The van der Waals surface area contributed by atoms with E-state index < -0.39 is 18.0 Å². The molecule has 1 aromatic rings. The summed E-state index contributed by atoms with van der Waals surface area (Å²) in [5.41, 5.74) is 1.38. The van der Waals surface area contributed by atoms with Crippen LogP contribution in [0.4, 0.5) is 4.39 Å². The second kappa shape index (κ2) is 6.19. The number of carbonyl (C=O) groups is 2. The van der Waals surface area contributed by atoms with Gasteiger partial charge in [-0.25, -0.2) is 4.39 Å². The molecule has 4 heteroatoms. The van der Waals surface area contributed by atoms with Crippen molar-refractivity contribution < 1.29 is 18.7 Å². The minimum absolute atomic E-state index is 0.157. The second-order valence-electron chi connectivity index (χ2n) is 6.44. The van der Waals surface area contributed by atoms with E-state index in [0.29, 0.717) is 17.9 Å². The minimum Gasteiger partial charge on any atom is -0.454 e. The smallest absolute Gasteiger partial charge is 0.314 e. The Kier molecular flexibility index (Phi) is 4.27. The summed E-state index contributed by atoms with van der Waals surface area (Å²) < 4.78 is 19.5. The van der Waals surface area contributed by atoms with Gasteiger partial charge in [-0.2, -0.15) is 0 Å². The van der Waals surface area contributed by atoms with E-state index in [0.717, 1.165) is 31.2 Å². The molecule has 0 spiro atoms. The van der Waals surface area contributed by atoms with Crippen molar-refractivity contribution in [1.29, 1.82) is 0 Å². The molecule has 0 radical (unpaired) electrons. The van der Waals surface area contributed by atoms with Gasteiger partial charge in [-0.1, -0.05) is 31.4 Å². The highest BCUT2D eigenvalue weighted by Crippen LogP contribution is 2.37. The molecule has 2 aliphatic rings. The number of halogens is 1. The second-order valence-corrected chi connectivity index (χ2v) is 6.44. The van der Waals surface area contributed by atoms with Gasteiger partial charge in [0.05, 0.1) is 5.92 Å². The summed E-state index contributed by atoms with van der Waals surface area (Å²) in [6.07, 6.45) is 5.25. The Morgan fingerprint density at radius 2 is 1.95 bits per heavy atom. The molecule has 1 aliphatic heterocycles. The van der Waals surface area contributed by atoms with E-state index in [4.69, 9.17) is 4.74 Å². The van der Waals surface area contributed by atoms with E-state index in [1.807, 2.05) is 12.1 Å². The fourth-order valence-corrected chi connectivity index (χ4v) is 3.61. The average molecular weight is 304 g/mol. The number of hydrogen-bond donors (Lipinski definition) is 0. The van der Waals surface area contributed by atoms with Crippen molar-refractivity contribution in [2.24, 2.45) is 0 Å². The zero-order valence-electron chi connectivity index (χ0n) is 12.8. The topological polar surface area (TPSA) is 43.4 Å². The lowest BCUT2D eigenvalue weighted by Crippen LogP contribution is -2.16. The van der Waals surface area contributed by atoms with Gasteiger partial charge in [0.1, 0.15) is 5.82 Å². The zero-order chi connectivity index (χ0) is 15.7. The first-order chi connectivity index (χ1) is 10.6. The van der Waals surface area contributed by atoms with Gasteiger partial charge in [0.15, 0.2) is 11.9 Å². The molecule has 0 N–H and O–H groups in total. The van der Waals surface area contributed by atoms with Crippen LogP contribution < -0.4 is 0 Å². The van der Waals surface area contributed by atoms with Crippen molar-refractivity contribution in [3.63, 3.8) is 0 Å². The Labute approximate surface area is 129 Å². The maximum atomic E-state index is 14.5. The third-order valence-electron chi connectivity index (χ3n) is 4.92. The molecule has 1 saturated heterocycles. The van der Waals surface area contributed by atoms with Crippen molar-refractivity contribution in [2.45, 2.75) is 63.4 Å². The van der Waals surface area contributed by atoms with E-state index in [9.17, 15) is 14.0 Å². The third kappa shape index (κ3) is 2.92. The van der Waals surface area contributed by atoms with Gasteiger partial charge >= 0.3 is 5.97 Å². The first kappa shape index (κ1) is 15.2. The van der Waals surface area contributed by atoms with E-state index in [1.165, 1.54) is 19.4 Å². The summed E-state index contributed by atoms with van der Waals surface area (Å²) in [4.78, 5) is 23.2. The Bertz CT molecular complexity index is 590. The molecule has 2 fully saturated rings. The summed E-state index contributed by atoms with van der Waals surface area (Å²) in [6.45, 7) is 1.41.